The van der Waals surface area contributed by atoms with Crippen molar-refractivity contribution in [2.24, 2.45) is 0 Å². The van der Waals surface area contributed by atoms with Crippen LogP contribution in [0.4, 0.5) is 0 Å². The van der Waals surface area contributed by atoms with Crippen molar-refractivity contribution in [3.63, 3.8) is 0 Å². The number of aryl methyl sites for hydroxylation is 1. The minimum Gasteiger partial charge on any atom is -0.507 e. The van der Waals surface area contributed by atoms with Crippen molar-refractivity contribution < 1.29 is 19.4 Å². The summed E-state index contributed by atoms with van der Waals surface area (Å²) in [5.41, 5.74) is 2.05. The van der Waals surface area contributed by atoms with Crippen LogP contribution in [0.1, 0.15) is 36.6 Å². The van der Waals surface area contributed by atoms with E-state index in [9.17, 15) is 14.7 Å². The first-order valence-corrected chi connectivity index (χ1v) is 10.3. The van der Waals surface area contributed by atoms with Gasteiger partial charge in [-0.3, -0.25) is 14.6 Å². The summed E-state index contributed by atoms with van der Waals surface area (Å²) < 4.78 is 5.77. The predicted octanol–water partition coefficient (Wildman–Crippen LogP) is 3.16. The first-order chi connectivity index (χ1) is 14.7. The average molecular weight is 424 g/mol. The van der Waals surface area contributed by atoms with Crippen LogP contribution in [0.15, 0.2) is 48.3 Å². The normalized spacial score (nSPS) is 18.3. The van der Waals surface area contributed by atoms with E-state index >= 15 is 0 Å². The predicted molar refractivity (Wildman–Crippen MR) is 119 cm³/mol. The summed E-state index contributed by atoms with van der Waals surface area (Å²) in [5, 5.41) is 11.1. The summed E-state index contributed by atoms with van der Waals surface area (Å²) in [6.45, 7) is 6.70. The zero-order valence-electron chi connectivity index (χ0n) is 18.6. The van der Waals surface area contributed by atoms with Crippen molar-refractivity contribution >= 4 is 17.4 Å². The van der Waals surface area contributed by atoms with E-state index in [4.69, 9.17) is 4.74 Å². The van der Waals surface area contributed by atoms with E-state index in [1.165, 1.54) is 4.90 Å². The molecule has 7 nitrogen and oxygen atoms in total. The lowest BCUT2D eigenvalue weighted by Gasteiger charge is -2.26. The SMILES string of the molecule is Cc1cc(C(O)=C2C(=O)C(=O)N(CCN(C)C)[C@H]2c2cccnc2)ccc1OC(C)C. The van der Waals surface area contributed by atoms with Gasteiger partial charge in [-0.2, -0.15) is 0 Å². The first kappa shape index (κ1) is 22.5. The number of likely N-dealkylation sites (tertiary alicyclic amines) is 1. The third-order valence-corrected chi connectivity index (χ3v) is 5.14. The highest BCUT2D eigenvalue weighted by atomic mass is 16.5. The molecule has 1 atom stereocenters. The van der Waals surface area contributed by atoms with Gasteiger partial charge in [-0.25, -0.2) is 0 Å². The van der Waals surface area contributed by atoms with Gasteiger partial charge in [0.1, 0.15) is 11.5 Å². The summed E-state index contributed by atoms with van der Waals surface area (Å²) in [4.78, 5) is 33.4. The second kappa shape index (κ2) is 9.31. The molecule has 1 aromatic carbocycles. The van der Waals surface area contributed by atoms with Crippen LogP contribution in [-0.4, -0.2) is 64.9 Å². The number of ketones is 1. The Kier molecular flexibility index (Phi) is 6.75. The summed E-state index contributed by atoms with van der Waals surface area (Å²) in [6, 6.07) is 8.11. The Morgan fingerprint density at radius 1 is 1.26 bits per heavy atom. The number of nitrogens with zero attached hydrogens (tertiary/aromatic N) is 3. The van der Waals surface area contributed by atoms with Crippen LogP contribution < -0.4 is 4.74 Å². The minimum atomic E-state index is -0.694. The number of aliphatic hydroxyl groups is 1. The molecule has 2 aromatic rings. The number of rotatable bonds is 7. The molecule has 1 aliphatic heterocycles. The molecule has 0 spiro atoms. The second-order valence-electron chi connectivity index (χ2n) is 8.23. The molecule has 31 heavy (non-hydrogen) atoms. The number of carbonyl (C=O) groups is 2. The molecule has 0 bridgehead atoms. The number of ether oxygens (including phenoxy) is 1. The Hall–Kier alpha value is -3.19. The van der Waals surface area contributed by atoms with Gasteiger partial charge in [0.05, 0.1) is 17.7 Å². The van der Waals surface area contributed by atoms with E-state index in [2.05, 4.69) is 4.98 Å². The summed E-state index contributed by atoms with van der Waals surface area (Å²) >= 11 is 0. The molecule has 1 aliphatic rings. The van der Waals surface area contributed by atoms with Crippen LogP contribution in [-0.2, 0) is 9.59 Å². The number of pyridine rings is 1. The smallest absolute Gasteiger partial charge is 0.295 e. The number of hydrogen-bond acceptors (Lipinski definition) is 6. The van der Waals surface area contributed by atoms with Crippen molar-refractivity contribution in [3.05, 3.63) is 65.0 Å². The number of hydrogen-bond donors (Lipinski definition) is 1. The van der Waals surface area contributed by atoms with Crippen molar-refractivity contribution in [1.82, 2.24) is 14.8 Å². The fourth-order valence-electron chi connectivity index (χ4n) is 3.64. The quantitative estimate of drug-likeness (QED) is 0.418. The number of carbonyl (C=O) groups excluding carboxylic acids is 2. The molecule has 1 fully saturated rings. The molecule has 0 unspecified atom stereocenters. The lowest BCUT2D eigenvalue weighted by molar-refractivity contribution is -0.140. The van der Waals surface area contributed by atoms with E-state index in [0.717, 1.165) is 5.56 Å². The summed E-state index contributed by atoms with van der Waals surface area (Å²) in [5.74, 6) is -0.792. The van der Waals surface area contributed by atoms with Crippen molar-refractivity contribution in [1.29, 1.82) is 0 Å². The van der Waals surface area contributed by atoms with Crippen LogP contribution in [0.2, 0.25) is 0 Å². The van der Waals surface area contributed by atoms with Crippen LogP contribution in [0, 0.1) is 6.92 Å². The largest absolute Gasteiger partial charge is 0.507 e. The van der Waals surface area contributed by atoms with Gasteiger partial charge in [-0.1, -0.05) is 6.07 Å². The van der Waals surface area contributed by atoms with Gasteiger partial charge in [0, 0.05) is 31.0 Å². The molecule has 0 aliphatic carbocycles. The molecule has 1 amide bonds. The van der Waals surface area contributed by atoms with E-state index in [0.29, 0.717) is 30.0 Å². The van der Waals surface area contributed by atoms with E-state index in [1.807, 2.05) is 45.8 Å². The van der Waals surface area contributed by atoms with Gasteiger partial charge in [0.25, 0.3) is 11.7 Å². The average Bonchev–Trinajstić information content (AvgIpc) is 2.98. The lowest BCUT2D eigenvalue weighted by Crippen LogP contribution is -2.35. The molecule has 0 radical (unpaired) electrons. The maximum Gasteiger partial charge on any atom is 0.295 e. The van der Waals surface area contributed by atoms with Gasteiger partial charge in [-0.15, -0.1) is 0 Å². The Bertz CT molecular complexity index is 999. The summed E-state index contributed by atoms with van der Waals surface area (Å²) in [6.07, 6.45) is 3.27. The highest BCUT2D eigenvalue weighted by Gasteiger charge is 2.46. The third-order valence-electron chi connectivity index (χ3n) is 5.14. The van der Waals surface area contributed by atoms with Gasteiger partial charge in [-0.05, 0) is 70.3 Å². The van der Waals surface area contributed by atoms with Crippen molar-refractivity contribution in [2.45, 2.75) is 32.9 Å². The van der Waals surface area contributed by atoms with E-state index < -0.39 is 17.7 Å². The van der Waals surface area contributed by atoms with Crippen LogP contribution >= 0.6 is 0 Å². The number of likely N-dealkylation sites (N-methyl/N-ethyl adjacent to an activating group) is 1. The lowest BCUT2D eigenvalue weighted by atomic mass is 9.95. The molecule has 1 aromatic heterocycles. The number of benzene rings is 1. The maximum absolute atomic E-state index is 13.0. The Morgan fingerprint density at radius 3 is 2.58 bits per heavy atom. The zero-order chi connectivity index (χ0) is 22.7. The number of aliphatic hydroxyl groups excluding tert-OH is 1. The van der Waals surface area contributed by atoms with Gasteiger partial charge < -0.3 is 19.6 Å². The highest BCUT2D eigenvalue weighted by molar-refractivity contribution is 6.46. The third kappa shape index (κ3) is 4.77. The Labute approximate surface area is 183 Å². The van der Waals surface area contributed by atoms with Crippen molar-refractivity contribution in [3.8, 4) is 5.75 Å². The molecule has 7 heteroatoms. The van der Waals surface area contributed by atoms with Crippen LogP contribution in [0.25, 0.3) is 5.76 Å². The van der Waals surface area contributed by atoms with Gasteiger partial charge in [0.15, 0.2) is 0 Å². The zero-order valence-corrected chi connectivity index (χ0v) is 18.6. The molecule has 1 N–H and O–H groups in total. The fraction of sp³-hybridized carbons (Fsp3) is 0.375. The fourth-order valence-corrected chi connectivity index (χ4v) is 3.64. The van der Waals surface area contributed by atoms with Gasteiger partial charge >= 0.3 is 0 Å². The van der Waals surface area contributed by atoms with Crippen LogP contribution in [0.5, 0.6) is 5.75 Å². The first-order valence-electron chi connectivity index (χ1n) is 10.3. The highest BCUT2D eigenvalue weighted by Crippen LogP contribution is 2.39. The Balaban J connectivity index is 2.09. The number of aromatic nitrogens is 1. The number of Topliss-reactive ketones (excluding diaryl/α,β-unsaturated/α-hetero) is 1. The monoisotopic (exact) mass is 423 g/mol. The molecule has 2 heterocycles. The minimum absolute atomic E-state index is 0.0192. The van der Waals surface area contributed by atoms with Crippen LogP contribution in [0.3, 0.4) is 0 Å². The second-order valence-corrected chi connectivity index (χ2v) is 8.23. The van der Waals surface area contributed by atoms with E-state index in [-0.39, 0.29) is 17.4 Å². The topological polar surface area (TPSA) is 83.0 Å². The van der Waals surface area contributed by atoms with E-state index in [1.54, 1.807) is 36.7 Å². The molecular weight excluding hydrogens is 394 g/mol. The Morgan fingerprint density at radius 2 is 2.00 bits per heavy atom. The molecule has 3 rings (SSSR count). The molecule has 1 saturated heterocycles. The maximum atomic E-state index is 13.0. The molecular formula is C24H29N3O4. The summed E-state index contributed by atoms with van der Waals surface area (Å²) in [7, 11) is 3.80. The molecule has 0 saturated carbocycles. The molecule has 164 valence electrons. The van der Waals surface area contributed by atoms with Gasteiger partial charge in [0.2, 0.25) is 0 Å². The van der Waals surface area contributed by atoms with Crippen molar-refractivity contribution in [2.75, 3.05) is 27.2 Å². The number of amides is 1. The standard InChI is InChI=1S/C24H29N3O4/c1-15(2)31-19-9-8-17(13-16(19)3)22(28)20-21(18-7-6-10-25-14-18)27(12-11-26(4)5)24(30)23(20)29/h6-10,13-15,21,28H,11-12H2,1-5H3/t21-/m0/s1.